The quantitative estimate of drug-likeness (QED) is 0.460. The summed E-state index contributed by atoms with van der Waals surface area (Å²) in [5.41, 5.74) is -0.0856. The van der Waals surface area contributed by atoms with Gasteiger partial charge in [0.2, 0.25) is 5.82 Å². The molecule has 1 aromatic rings. The summed E-state index contributed by atoms with van der Waals surface area (Å²) in [6.07, 6.45) is 0. The Bertz CT molecular complexity index is 343. The van der Waals surface area contributed by atoms with Crippen LogP contribution in [0.4, 0.5) is 5.95 Å². The van der Waals surface area contributed by atoms with Crippen LogP contribution in [0.3, 0.4) is 0 Å². The average molecular weight is 153 g/mol. The van der Waals surface area contributed by atoms with Crippen molar-refractivity contribution < 1.29 is 4.57 Å². The minimum Gasteiger partial charge on any atom is -0.291 e. The van der Waals surface area contributed by atoms with Crippen LogP contribution >= 0.6 is 0 Å². The summed E-state index contributed by atoms with van der Waals surface area (Å²) < 4.78 is 1.59. The summed E-state index contributed by atoms with van der Waals surface area (Å²) in [4.78, 5) is 17.9. The predicted octanol–water partition coefficient (Wildman–Crippen LogP) is -1.21. The summed E-state index contributed by atoms with van der Waals surface area (Å²) >= 11 is 0. The minimum atomic E-state index is -0.0856. The molecule has 5 heteroatoms. The largest absolute Gasteiger partial charge is 0.416 e. The zero-order valence-electron chi connectivity index (χ0n) is 6.22. The van der Waals surface area contributed by atoms with Gasteiger partial charge < -0.3 is 0 Å². The van der Waals surface area contributed by atoms with Crippen molar-refractivity contribution in [3.63, 3.8) is 0 Å². The van der Waals surface area contributed by atoms with Crippen LogP contribution in [-0.4, -0.2) is 16.5 Å². The van der Waals surface area contributed by atoms with Gasteiger partial charge in [-0.25, -0.2) is 9.78 Å². The number of hydrogen-bond acceptors (Lipinski definition) is 3. The number of anilines is 1. The second kappa shape index (κ2) is 2.05. The predicted molar refractivity (Wildman–Crippen MR) is 38.3 cm³/mol. The van der Waals surface area contributed by atoms with E-state index in [0.29, 0.717) is 18.3 Å². The van der Waals surface area contributed by atoms with Gasteiger partial charge in [0.15, 0.2) is 0 Å². The fraction of sp³-hybridized carbons (Fsp3) is 0.500. The Hall–Kier alpha value is -1.39. The Morgan fingerprint density at radius 2 is 2.45 bits per heavy atom. The van der Waals surface area contributed by atoms with E-state index in [-0.39, 0.29) is 5.69 Å². The van der Waals surface area contributed by atoms with Gasteiger partial charge in [0, 0.05) is 6.92 Å². The number of hydrogen-bond donors (Lipinski definition) is 2. The third-order valence-electron chi connectivity index (χ3n) is 1.68. The van der Waals surface area contributed by atoms with Crippen molar-refractivity contribution in [2.45, 2.75) is 13.5 Å². The first-order chi connectivity index (χ1) is 5.27. The molecule has 0 spiro atoms. The van der Waals surface area contributed by atoms with E-state index in [4.69, 9.17) is 0 Å². The zero-order chi connectivity index (χ0) is 7.84. The second-order valence-corrected chi connectivity index (χ2v) is 2.53. The number of aryl methyl sites for hydroxylation is 1. The molecule has 0 aliphatic carbocycles. The van der Waals surface area contributed by atoms with E-state index in [1.165, 1.54) is 0 Å². The van der Waals surface area contributed by atoms with Gasteiger partial charge in [-0.2, -0.15) is 4.57 Å². The molecule has 2 heterocycles. The summed E-state index contributed by atoms with van der Waals surface area (Å²) in [5.74, 6) is 1.32. The van der Waals surface area contributed by atoms with E-state index >= 15 is 0 Å². The van der Waals surface area contributed by atoms with Crippen LogP contribution in [0.15, 0.2) is 4.79 Å². The van der Waals surface area contributed by atoms with Gasteiger partial charge in [0.25, 0.3) is 0 Å². The fourth-order valence-corrected chi connectivity index (χ4v) is 1.19. The lowest BCUT2D eigenvalue weighted by molar-refractivity contribution is -0.690. The molecule has 0 amide bonds. The van der Waals surface area contributed by atoms with E-state index in [1.807, 2.05) is 0 Å². The second-order valence-electron chi connectivity index (χ2n) is 2.53. The first-order valence-corrected chi connectivity index (χ1v) is 3.52. The number of aromatic amines is 1. The minimum absolute atomic E-state index is 0.0856. The van der Waals surface area contributed by atoms with Crippen LogP contribution in [0, 0.1) is 6.92 Å². The monoisotopic (exact) mass is 153 g/mol. The van der Waals surface area contributed by atoms with Crippen LogP contribution in [0.1, 0.15) is 5.82 Å². The van der Waals surface area contributed by atoms with Gasteiger partial charge in [0.1, 0.15) is 0 Å². The molecular weight excluding hydrogens is 144 g/mol. The molecule has 11 heavy (non-hydrogen) atoms. The maximum absolute atomic E-state index is 11.2. The molecule has 0 saturated heterocycles. The van der Waals surface area contributed by atoms with Crippen molar-refractivity contribution in [3.05, 3.63) is 16.3 Å². The summed E-state index contributed by atoms with van der Waals surface area (Å²) in [6.45, 7) is 3.26. The lowest BCUT2D eigenvalue weighted by Gasteiger charge is -1.91. The van der Waals surface area contributed by atoms with Crippen LogP contribution in [0.2, 0.25) is 0 Å². The van der Waals surface area contributed by atoms with Gasteiger partial charge in [-0.05, 0) is 0 Å². The van der Waals surface area contributed by atoms with Crippen molar-refractivity contribution in [3.8, 4) is 0 Å². The maximum Gasteiger partial charge on any atom is 0.416 e. The van der Waals surface area contributed by atoms with Crippen molar-refractivity contribution >= 4 is 5.95 Å². The highest BCUT2D eigenvalue weighted by atomic mass is 16.1. The third kappa shape index (κ3) is 0.886. The molecule has 0 bridgehead atoms. The van der Waals surface area contributed by atoms with Gasteiger partial charge in [-0.3, -0.25) is 5.32 Å². The molecule has 0 saturated carbocycles. The lowest BCUT2D eigenvalue weighted by Crippen LogP contribution is -2.50. The molecule has 0 fully saturated rings. The fourth-order valence-electron chi connectivity index (χ4n) is 1.19. The smallest absolute Gasteiger partial charge is 0.291 e. The molecule has 58 valence electrons. The molecule has 2 N–H and O–H groups in total. The Kier molecular flexibility index (Phi) is 1.18. The number of fused-ring (bicyclic) bond motifs is 1. The first kappa shape index (κ1) is 6.33. The van der Waals surface area contributed by atoms with E-state index in [9.17, 15) is 4.79 Å². The SMILES string of the molecule is Cc1nc2[n+](c(=O)[nH]1)CCN2. The molecule has 0 aromatic carbocycles. The van der Waals surface area contributed by atoms with Crippen LogP contribution < -0.4 is 15.6 Å². The molecule has 1 aliphatic rings. The van der Waals surface area contributed by atoms with E-state index in [0.717, 1.165) is 6.54 Å². The number of nitrogens with zero attached hydrogens (tertiary/aromatic N) is 2. The Balaban J connectivity index is 2.70. The highest BCUT2D eigenvalue weighted by Crippen LogP contribution is 1.95. The van der Waals surface area contributed by atoms with Crippen molar-refractivity contribution in [1.29, 1.82) is 0 Å². The molecule has 0 unspecified atom stereocenters. The van der Waals surface area contributed by atoms with E-state index in [1.54, 1.807) is 11.5 Å². The molecule has 1 aliphatic heterocycles. The van der Waals surface area contributed by atoms with Crippen molar-refractivity contribution in [1.82, 2.24) is 9.97 Å². The normalized spacial score (nSPS) is 14.3. The van der Waals surface area contributed by atoms with E-state index in [2.05, 4.69) is 15.3 Å². The molecule has 2 rings (SSSR count). The highest BCUT2D eigenvalue weighted by molar-refractivity contribution is 5.17. The van der Waals surface area contributed by atoms with Crippen LogP contribution in [0.25, 0.3) is 0 Å². The lowest BCUT2D eigenvalue weighted by atomic mass is 10.7. The van der Waals surface area contributed by atoms with Crippen LogP contribution in [-0.2, 0) is 6.54 Å². The summed E-state index contributed by atoms with van der Waals surface area (Å²) in [7, 11) is 0. The summed E-state index contributed by atoms with van der Waals surface area (Å²) in [6, 6.07) is 0. The molecule has 5 nitrogen and oxygen atoms in total. The standard InChI is InChI=1S/C6H8N4O/c1-4-8-5-7-2-3-10(5)6(11)9-4/h2-3H2,1H3,(H,7,8,9,11)/p+1. The Morgan fingerprint density at radius 1 is 1.64 bits per heavy atom. The third-order valence-corrected chi connectivity index (χ3v) is 1.68. The molecule has 0 radical (unpaired) electrons. The van der Waals surface area contributed by atoms with Gasteiger partial charge >= 0.3 is 11.6 Å². The van der Waals surface area contributed by atoms with E-state index < -0.39 is 0 Å². The Labute approximate surface area is 63.1 Å². The average Bonchev–Trinajstić information content (AvgIpc) is 2.34. The first-order valence-electron chi connectivity index (χ1n) is 3.52. The summed E-state index contributed by atoms with van der Waals surface area (Å²) in [5, 5.41) is 3.01. The van der Waals surface area contributed by atoms with Crippen molar-refractivity contribution in [2.75, 3.05) is 11.9 Å². The number of aromatic nitrogens is 3. The van der Waals surface area contributed by atoms with Gasteiger partial charge in [-0.1, -0.05) is 4.98 Å². The number of rotatable bonds is 0. The topological polar surface area (TPSA) is 61.7 Å². The number of H-pyrrole nitrogens is 1. The van der Waals surface area contributed by atoms with Gasteiger partial charge in [-0.15, -0.1) is 0 Å². The van der Waals surface area contributed by atoms with Crippen molar-refractivity contribution in [2.24, 2.45) is 0 Å². The molecule has 1 aromatic heterocycles. The zero-order valence-corrected chi connectivity index (χ0v) is 6.22. The number of nitrogens with one attached hydrogen (secondary N) is 2. The maximum atomic E-state index is 11.2. The van der Waals surface area contributed by atoms with Crippen LogP contribution in [0.5, 0.6) is 0 Å². The Morgan fingerprint density at radius 3 is 3.27 bits per heavy atom. The van der Waals surface area contributed by atoms with Gasteiger partial charge in [0.05, 0.1) is 13.1 Å². The molecule has 0 atom stereocenters. The molecular formula is C6H9N4O+. The highest BCUT2D eigenvalue weighted by Gasteiger charge is 2.20.